The normalized spacial score (nSPS) is 12.8. The number of aryl methyl sites for hydroxylation is 1. The predicted octanol–water partition coefficient (Wildman–Crippen LogP) is 5.29. The molecule has 0 N–H and O–H groups in total. The van der Waals surface area contributed by atoms with E-state index in [4.69, 9.17) is 16.0 Å². The molecule has 0 aromatic heterocycles. The van der Waals surface area contributed by atoms with Crippen LogP contribution >= 0.6 is 11.6 Å². The zero-order valence-electron chi connectivity index (χ0n) is 12.2. The number of rotatable bonds is 5. The first kappa shape index (κ1) is 15.7. The lowest BCUT2D eigenvalue weighted by molar-refractivity contribution is 0.282. The van der Waals surface area contributed by atoms with Gasteiger partial charge < -0.3 is 4.43 Å². The van der Waals surface area contributed by atoms with E-state index < -0.39 is 8.32 Å². The Morgan fingerprint density at radius 3 is 2.33 bits per heavy atom. The minimum atomic E-state index is -1.59. The van der Waals surface area contributed by atoms with Crippen molar-refractivity contribution in [1.82, 2.24) is 0 Å². The second-order valence-electron chi connectivity index (χ2n) is 6.30. The lowest BCUT2D eigenvalue weighted by atomic mass is 10.1. The minimum absolute atomic E-state index is 0.289. The second-order valence-corrected chi connectivity index (χ2v) is 11.5. The summed E-state index contributed by atoms with van der Waals surface area (Å²) in [6.45, 7) is 12.2. The number of halogens is 1. The van der Waals surface area contributed by atoms with Crippen LogP contribution in [0.2, 0.25) is 23.2 Å². The molecule has 0 spiro atoms. The molecule has 0 unspecified atom stereocenters. The van der Waals surface area contributed by atoms with Crippen molar-refractivity contribution < 1.29 is 4.43 Å². The second kappa shape index (κ2) is 6.22. The molecule has 102 valence electrons. The summed E-state index contributed by atoms with van der Waals surface area (Å²) in [6, 6.07) is 8.05. The lowest BCUT2D eigenvalue weighted by Gasteiger charge is -2.36. The Hall–Kier alpha value is -0.313. The molecule has 1 rings (SSSR count). The third kappa shape index (κ3) is 4.41. The van der Waals surface area contributed by atoms with Crippen LogP contribution in [0.15, 0.2) is 24.3 Å². The van der Waals surface area contributed by atoms with Crippen LogP contribution in [0.4, 0.5) is 0 Å². The predicted molar refractivity (Wildman–Crippen MR) is 82.9 cm³/mol. The standard InChI is InChI=1S/C15H25ClOSi/c1-15(2,3)18(4,5)17-12-8-10-13-9-6-7-11-14(13)16/h6-7,9,11H,8,10,12H2,1-5H3. The molecule has 0 saturated carbocycles. The highest BCUT2D eigenvalue weighted by Crippen LogP contribution is 2.36. The summed E-state index contributed by atoms with van der Waals surface area (Å²) < 4.78 is 6.15. The Morgan fingerprint density at radius 2 is 1.78 bits per heavy atom. The molecule has 0 aliphatic heterocycles. The van der Waals surface area contributed by atoms with Gasteiger partial charge in [0.1, 0.15) is 0 Å². The highest BCUT2D eigenvalue weighted by molar-refractivity contribution is 6.74. The zero-order valence-corrected chi connectivity index (χ0v) is 14.0. The van der Waals surface area contributed by atoms with Gasteiger partial charge in [0.2, 0.25) is 0 Å². The van der Waals surface area contributed by atoms with E-state index in [0.29, 0.717) is 0 Å². The van der Waals surface area contributed by atoms with Crippen LogP contribution in [-0.4, -0.2) is 14.9 Å². The zero-order chi connectivity index (χ0) is 13.8. The third-order valence-electron chi connectivity index (χ3n) is 3.82. The molecule has 0 atom stereocenters. The monoisotopic (exact) mass is 284 g/mol. The van der Waals surface area contributed by atoms with E-state index in [1.165, 1.54) is 5.56 Å². The van der Waals surface area contributed by atoms with Gasteiger partial charge in [0.25, 0.3) is 0 Å². The summed E-state index contributed by atoms with van der Waals surface area (Å²) in [5.74, 6) is 0. The van der Waals surface area contributed by atoms with Gasteiger partial charge in [0, 0.05) is 11.6 Å². The Kier molecular flexibility index (Phi) is 5.44. The van der Waals surface area contributed by atoms with Gasteiger partial charge in [-0.15, -0.1) is 0 Å². The maximum atomic E-state index is 6.15. The fourth-order valence-corrected chi connectivity index (χ4v) is 2.83. The quantitative estimate of drug-likeness (QED) is 0.527. The Labute approximate surface area is 118 Å². The molecule has 1 nitrogen and oxygen atoms in total. The first-order valence-corrected chi connectivity index (χ1v) is 9.90. The number of benzene rings is 1. The number of hydrogen-bond acceptors (Lipinski definition) is 1. The summed E-state index contributed by atoms with van der Waals surface area (Å²) in [5, 5.41) is 1.15. The van der Waals surface area contributed by atoms with E-state index in [-0.39, 0.29) is 5.04 Å². The molecule has 0 saturated heterocycles. The summed E-state index contributed by atoms with van der Waals surface area (Å²) in [4.78, 5) is 0. The largest absolute Gasteiger partial charge is 0.417 e. The highest BCUT2D eigenvalue weighted by Gasteiger charge is 2.36. The molecule has 0 bridgehead atoms. The average Bonchev–Trinajstić information content (AvgIpc) is 2.25. The fourth-order valence-electron chi connectivity index (χ4n) is 1.51. The minimum Gasteiger partial charge on any atom is -0.417 e. The topological polar surface area (TPSA) is 9.23 Å². The maximum Gasteiger partial charge on any atom is 0.191 e. The molecule has 0 fully saturated rings. The third-order valence-corrected chi connectivity index (χ3v) is 8.72. The van der Waals surface area contributed by atoms with Crippen molar-refractivity contribution >= 4 is 19.9 Å². The van der Waals surface area contributed by atoms with Crippen molar-refractivity contribution in [2.45, 2.75) is 51.7 Å². The highest BCUT2D eigenvalue weighted by atomic mass is 35.5. The first-order valence-electron chi connectivity index (χ1n) is 6.61. The van der Waals surface area contributed by atoms with E-state index in [9.17, 15) is 0 Å². The van der Waals surface area contributed by atoms with Crippen LogP contribution in [-0.2, 0) is 10.8 Å². The van der Waals surface area contributed by atoms with Gasteiger partial charge in [-0.3, -0.25) is 0 Å². The van der Waals surface area contributed by atoms with Gasteiger partial charge in [-0.25, -0.2) is 0 Å². The molecule has 0 aliphatic carbocycles. The molecule has 3 heteroatoms. The number of hydrogen-bond donors (Lipinski definition) is 0. The Morgan fingerprint density at radius 1 is 1.17 bits per heavy atom. The van der Waals surface area contributed by atoms with Gasteiger partial charge in [-0.1, -0.05) is 50.6 Å². The average molecular weight is 285 g/mol. The Bertz CT molecular complexity index is 382. The van der Waals surface area contributed by atoms with Crippen molar-refractivity contribution in [2.75, 3.05) is 6.61 Å². The van der Waals surface area contributed by atoms with E-state index >= 15 is 0 Å². The maximum absolute atomic E-state index is 6.15. The summed E-state index contributed by atoms with van der Waals surface area (Å²) in [5.41, 5.74) is 1.22. The van der Waals surface area contributed by atoms with Crippen LogP contribution < -0.4 is 0 Å². The molecule has 0 amide bonds. The van der Waals surface area contributed by atoms with Crippen LogP contribution in [0.5, 0.6) is 0 Å². The SMILES string of the molecule is CC(C)(C)[Si](C)(C)OCCCc1ccccc1Cl. The van der Waals surface area contributed by atoms with Gasteiger partial charge in [0.05, 0.1) is 0 Å². The molecular formula is C15H25ClOSi. The van der Waals surface area contributed by atoms with Gasteiger partial charge in [-0.05, 0) is 42.6 Å². The molecule has 1 aromatic carbocycles. The molecule has 0 aliphatic rings. The van der Waals surface area contributed by atoms with Crippen molar-refractivity contribution in [3.05, 3.63) is 34.9 Å². The van der Waals surface area contributed by atoms with Gasteiger partial charge in [0.15, 0.2) is 8.32 Å². The van der Waals surface area contributed by atoms with Crippen molar-refractivity contribution in [2.24, 2.45) is 0 Å². The molecule has 0 heterocycles. The van der Waals surface area contributed by atoms with Crippen LogP contribution in [0.1, 0.15) is 32.8 Å². The fraction of sp³-hybridized carbons (Fsp3) is 0.600. The first-order chi connectivity index (χ1) is 8.24. The van der Waals surface area contributed by atoms with E-state index in [1.54, 1.807) is 0 Å². The van der Waals surface area contributed by atoms with Crippen LogP contribution in [0.25, 0.3) is 0 Å². The molecule has 1 aromatic rings. The van der Waals surface area contributed by atoms with E-state index in [0.717, 1.165) is 24.5 Å². The summed E-state index contributed by atoms with van der Waals surface area (Å²) in [7, 11) is -1.59. The smallest absolute Gasteiger partial charge is 0.191 e. The summed E-state index contributed by atoms with van der Waals surface area (Å²) in [6.07, 6.45) is 2.03. The van der Waals surface area contributed by atoms with Crippen LogP contribution in [0.3, 0.4) is 0 Å². The molecular weight excluding hydrogens is 260 g/mol. The lowest BCUT2D eigenvalue weighted by Crippen LogP contribution is -2.41. The Balaban J connectivity index is 2.38. The van der Waals surface area contributed by atoms with E-state index in [2.05, 4.69) is 39.9 Å². The van der Waals surface area contributed by atoms with Crippen LogP contribution in [0, 0.1) is 0 Å². The van der Waals surface area contributed by atoms with Crippen molar-refractivity contribution in [3.8, 4) is 0 Å². The molecule has 0 radical (unpaired) electrons. The van der Waals surface area contributed by atoms with Gasteiger partial charge >= 0.3 is 0 Å². The van der Waals surface area contributed by atoms with Gasteiger partial charge in [-0.2, -0.15) is 0 Å². The molecule has 18 heavy (non-hydrogen) atoms. The van der Waals surface area contributed by atoms with Crippen molar-refractivity contribution in [3.63, 3.8) is 0 Å². The summed E-state index contributed by atoms with van der Waals surface area (Å²) >= 11 is 6.13. The van der Waals surface area contributed by atoms with Crippen molar-refractivity contribution in [1.29, 1.82) is 0 Å². The van der Waals surface area contributed by atoms with E-state index in [1.807, 2.05) is 18.2 Å².